The Morgan fingerprint density at radius 2 is 1.44 bits per heavy atom. The van der Waals surface area contributed by atoms with Crippen LogP contribution < -0.4 is 0 Å². The number of hydrogen-bond donors (Lipinski definition) is 0. The second-order valence-corrected chi connectivity index (χ2v) is 9.62. The lowest BCUT2D eigenvalue weighted by Crippen LogP contribution is -2.31. The van der Waals surface area contributed by atoms with Gasteiger partial charge in [-0.15, -0.1) is 0 Å². The van der Waals surface area contributed by atoms with Gasteiger partial charge < -0.3 is 4.74 Å². The highest BCUT2D eigenvalue weighted by Gasteiger charge is 2.35. The molecule has 0 unspecified atom stereocenters. The van der Waals surface area contributed by atoms with Crippen molar-refractivity contribution >= 4 is 0 Å². The smallest absolute Gasteiger partial charge is 0.0689 e. The molecule has 0 heterocycles. The number of nitriles is 1. The van der Waals surface area contributed by atoms with Crippen LogP contribution in [-0.2, 0) is 4.74 Å². The molecule has 2 heteroatoms. The van der Waals surface area contributed by atoms with E-state index < -0.39 is 0 Å². The van der Waals surface area contributed by atoms with Gasteiger partial charge in [-0.2, -0.15) is 5.26 Å². The zero-order valence-electron chi connectivity index (χ0n) is 18.3. The zero-order chi connectivity index (χ0) is 19.4. The second kappa shape index (κ2) is 12.8. The summed E-state index contributed by atoms with van der Waals surface area (Å²) in [7, 11) is 0. The van der Waals surface area contributed by atoms with Crippen molar-refractivity contribution in [3.8, 4) is 6.07 Å². The Bertz CT molecular complexity index is 411. The number of hydrogen-bond acceptors (Lipinski definition) is 2. The molecule has 0 saturated heterocycles. The molecule has 0 bridgehead atoms. The molecular formula is C25H45NO. The monoisotopic (exact) mass is 375 g/mol. The van der Waals surface area contributed by atoms with Gasteiger partial charge in [0, 0.05) is 6.61 Å². The first-order valence-corrected chi connectivity index (χ1v) is 12.2. The molecule has 2 fully saturated rings. The first kappa shape index (κ1) is 22.7. The molecule has 0 aliphatic heterocycles. The van der Waals surface area contributed by atoms with Crippen molar-refractivity contribution in [3.05, 3.63) is 0 Å². The minimum Gasteiger partial charge on any atom is -0.378 e. The summed E-state index contributed by atoms with van der Waals surface area (Å²) in [6.07, 6.45) is 22.4. The molecule has 0 atom stereocenters. The average molecular weight is 376 g/mol. The molecular weight excluding hydrogens is 330 g/mol. The van der Waals surface area contributed by atoms with E-state index in [1.54, 1.807) is 0 Å². The van der Waals surface area contributed by atoms with E-state index in [1.165, 1.54) is 77.0 Å². The fourth-order valence-electron chi connectivity index (χ4n) is 5.24. The van der Waals surface area contributed by atoms with Crippen LogP contribution in [0, 0.1) is 28.6 Å². The maximum atomic E-state index is 9.63. The third-order valence-electron chi connectivity index (χ3n) is 7.39. The summed E-state index contributed by atoms with van der Waals surface area (Å²) in [6.45, 7) is 5.49. The zero-order valence-corrected chi connectivity index (χ0v) is 18.3. The summed E-state index contributed by atoms with van der Waals surface area (Å²) in [5, 5.41) is 9.63. The lowest BCUT2D eigenvalue weighted by atomic mass is 9.71. The summed E-state index contributed by atoms with van der Waals surface area (Å²) in [4.78, 5) is 0. The van der Waals surface area contributed by atoms with E-state index >= 15 is 0 Å². The largest absolute Gasteiger partial charge is 0.378 e. The Hall–Kier alpha value is -0.550. The van der Waals surface area contributed by atoms with Crippen molar-refractivity contribution in [1.82, 2.24) is 0 Å². The number of nitrogens with zero attached hydrogens (tertiary/aromatic N) is 1. The van der Waals surface area contributed by atoms with Gasteiger partial charge >= 0.3 is 0 Å². The molecule has 2 nitrogen and oxygen atoms in total. The quantitative estimate of drug-likeness (QED) is 0.326. The van der Waals surface area contributed by atoms with Gasteiger partial charge in [0.2, 0.25) is 0 Å². The topological polar surface area (TPSA) is 33.0 Å². The van der Waals surface area contributed by atoms with Gasteiger partial charge in [0.25, 0.3) is 0 Å². The van der Waals surface area contributed by atoms with Gasteiger partial charge in [-0.3, -0.25) is 0 Å². The standard InChI is InChI=1S/C25H45NO/c1-3-5-7-8-9-10-22-11-13-23(14-12-22)20-27-24-15-18-25(21-26,19-16-24)17-6-4-2/h22-24H,3-20H2,1-2H3. The van der Waals surface area contributed by atoms with E-state index in [9.17, 15) is 5.26 Å². The SMILES string of the molecule is CCCCCCCC1CCC(COC2CCC(C#N)(CCCC)CC2)CC1. The van der Waals surface area contributed by atoms with Gasteiger partial charge in [0.05, 0.1) is 17.6 Å². The Morgan fingerprint density at radius 1 is 0.815 bits per heavy atom. The normalized spacial score (nSPS) is 31.5. The molecule has 0 N–H and O–H groups in total. The first-order chi connectivity index (χ1) is 13.2. The highest BCUT2D eigenvalue weighted by atomic mass is 16.5. The third-order valence-corrected chi connectivity index (χ3v) is 7.39. The number of rotatable bonds is 12. The summed E-state index contributed by atoms with van der Waals surface area (Å²) in [5.41, 5.74) is -0.0366. The fraction of sp³-hybridized carbons (Fsp3) is 0.960. The van der Waals surface area contributed by atoms with E-state index in [4.69, 9.17) is 4.74 Å². The molecule has 0 aromatic rings. The molecule has 27 heavy (non-hydrogen) atoms. The first-order valence-electron chi connectivity index (χ1n) is 12.2. The van der Waals surface area contributed by atoms with Crippen molar-refractivity contribution in [1.29, 1.82) is 5.26 Å². The highest BCUT2D eigenvalue weighted by molar-refractivity contribution is 5.01. The lowest BCUT2D eigenvalue weighted by molar-refractivity contribution is -0.0184. The van der Waals surface area contributed by atoms with E-state index in [1.807, 2.05) is 0 Å². The highest BCUT2D eigenvalue weighted by Crippen LogP contribution is 2.41. The second-order valence-electron chi connectivity index (χ2n) is 9.62. The molecule has 2 rings (SSSR count). The maximum Gasteiger partial charge on any atom is 0.0689 e. The van der Waals surface area contributed by atoms with Crippen LogP contribution in [0.1, 0.15) is 123 Å². The van der Waals surface area contributed by atoms with Gasteiger partial charge in [0.1, 0.15) is 0 Å². The molecule has 0 spiro atoms. The summed E-state index contributed by atoms with van der Waals surface area (Å²) < 4.78 is 6.32. The van der Waals surface area contributed by atoms with Gasteiger partial charge in [-0.1, -0.05) is 78.1 Å². The van der Waals surface area contributed by atoms with Crippen molar-refractivity contribution in [2.24, 2.45) is 17.3 Å². The van der Waals surface area contributed by atoms with Gasteiger partial charge in [-0.25, -0.2) is 0 Å². The molecule has 2 aliphatic carbocycles. The van der Waals surface area contributed by atoms with E-state index in [2.05, 4.69) is 19.9 Å². The Kier molecular flexibility index (Phi) is 10.8. The molecule has 0 aromatic heterocycles. The number of unbranched alkanes of at least 4 members (excludes halogenated alkanes) is 5. The van der Waals surface area contributed by atoms with Crippen LogP contribution in [0.15, 0.2) is 0 Å². The third kappa shape index (κ3) is 8.15. The van der Waals surface area contributed by atoms with Crippen molar-refractivity contribution in [3.63, 3.8) is 0 Å². The van der Waals surface area contributed by atoms with Gasteiger partial charge in [-0.05, 0) is 56.8 Å². The van der Waals surface area contributed by atoms with Crippen molar-refractivity contribution < 1.29 is 4.74 Å². The van der Waals surface area contributed by atoms with Crippen LogP contribution in [0.2, 0.25) is 0 Å². The van der Waals surface area contributed by atoms with Crippen molar-refractivity contribution in [2.75, 3.05) is 6.61 Å². The molecule has 156 valence electrons. The molecule has 2 saturated carbocycles. The lowest BCUT2D eigenvalue weighted by Gasteiger charge is -2.36. The number of ether oxygens (including phenoxy) is 1. The summed E-state index contributed by atoms with van der Waals surface area (Å²) >= 11 is 0. The van der Waals surface area contributed by atoms with Crippen LogP contribution >= 0.6 is 0 Å². The van der Waals surface area contributed by atoms with E-state index in [0.29, 0.717) is 6.10 Å². The van der Waals surface area contributed by atoms with Crippen LogP contribution in [0.3, 0.4) is 0 Å². The van der Waals surface area contributed by atoms with Gasteiger partial charge in [0.15, 0.2) is 0 Å². The molecule has 0 aromatic carbocycles. The van der Waals surface area contributed by atoms with Crippen LogP contribution in [0.25, 0.3) is 0 Å². The van der Waals surface area contributed by atoms with Crippen molar-refractivity contribution in [2.45, 2.75) is 129 Å². The van der Waals surface area contributed by atoms with Crippen LogP contribution in [0.4, 0.5) is 0 Å². The van der Waals surface area contributed by atoms with E-state index in [-0.39, 0.29) is 5.41 Å². The molecule has 0 amide bonds. The summed E-state index contributed by atoms with van der Waals surface area (Å²) in [6, 6.07) is 2.66. The Labute approximate surface area is 169 Å². The minimum absolute atomic E-state index is 0.0366. The molecule has 0 radical (unpaired) electrons. The predicted octanol–water partition coefficient (Wildman–Crippen LogP) is 7.81. The Morgan fingerprint density at radius 3 is 2.07 bits per heavy atom. The van der Waals surface area contributed by atoms with Crippen LogP contribution in [0.5, 0.6) is 0 Å². The predicted molar refractivity (Wildman–Crippen MR) is 115 cm³/mol. The summed E-state index contributed by atoms with van der Waals surface area (Å²) in [5.74, 6) is 1.79. The molecule has 2 aliphatic rings. The minimum atomic E-state index is -0.0366. The van der Waals surface area contributed by atoms with E-state index in [0.717, 1.165) is 50.5 Å². The average Bonchev–Trinajstić information content (AvgIpc) is 2.72. The fourth-order valence-corrected chi connectivity index (χ4v) is 5.24. The maximum absolute atomic E-state index is 9.63. The Balaban J connectivity index is 1.55. The van der Waals surface area contributed by atoms with Crippen LogP contribution in [-0.4, -0.2) is 12.7 Å².